The van der Waals surface area contributed by atoms with E-state index in [9.17, 15) is 0 Å². The smallest absolute Gasteiger partial charge is 0.165 e. The van der Waals surface area contributed by atoms with Crippen molar-refractivity contribution in [2.75, 3.05) is 27.8 Å². The summed E-state index contributed by atoms with van der Waals surface area (Å²) < 4.78 is 18.1. The van der Waals surface area contributed by atoms with E-state index in [0.29, 0.717) is 12.0 Å². The maximum atomic E-state index is 6.59. The normalized spacial score (nSPS) is 38.0. The van der Waals surface area contributed by atoms with E-state index >= 15 is 0 Å². The first-order chi connectivity index (χ1) is 11.5. The number of rotatable bonds is 2. The van der Waals surface area contributed by atoms with E-state index in [-0.39, 0.29) is 17.6 Å². The fraction of sp³-hybridized carbons (Fsp3) is 0.700. The highest BCUT2D eigenvalue weighted by molar-refractivity contribution is 5.59. The van der Waals surface area contributed by atoms with Crippen molar-refractivity contribution < 1.29 is 14.2 Å². The van der Waals surface area contributed by atoms with Crippen molar-refractivity contribution in [2.24, 2.45) is 5.92 Å². The molecule has 24 heavy (non-hydrogen) atoms. The average Bonchev–Trinajstić information content (AvgIpc) is 2.94. The molecule has 2 heterocycles. The lowest BCUT2D eigenvalue weighted by atomic mass is 9.55. The van der Waals surface area contributed by atoms with Gasteiger partial charge in [0.05, 0.1) is 13.2 Å². The van der Waals surface area contributed by atoms with Crippen LogP contribution >= 0.6 is 0 Å². The van der Waals surface area contributed by atoms with Crippen LogP contribution in [0.5, 0.6) is 11.5 Å². The van der Waals surface area contributed by atoms with Crippen LogP contribution in [0, 0.1) is 12.8 Å². The summed E-state index contributed by atoms with van der Waals surface area (Å²) in [4.78, 5) is 2.51. The number of nitrogens with zero attached hydrogens (tertiary/aromatic N) is 1. The topological polar surface area (TPSA) is 30.9 Å². The first-order valence-corrected chi connectivity index (χ1v) is 9.12. The van der Waals surface area contributed by atoms with Crippen LogP contribution in [-0.4, -0.2) is 51.0 Å². The lowest BCUT2D eigenvalue weighted by Gasteiger charge is -2.55. The predicted molar refractivity (Wildman–Crippen MR) is 94.1 cm³/mol. The molecule has 4 nitrogen and oxygen atoms in total. The first kappa shape index (κ1) is 16.2. The van der Waals surface area contributed by atoms with Gasteiger partial charge in [-0.2, -0.15) is 0 Å². The van der Waals surface area contributed by atoms with Crippen molar-refractivity contribution in [1.82, 2.24) is 4.90 Å². The van der Waals surface area contributed by atoms with Crippen molar-refractivity contribution in [3.8, 4) is 11.5 Å². The Morgan fingerprint density at radius 1 is 1.25 bits per heavy atom. The standard InChI is InChI=1S/C20H29NO3/c1-12-6-8-15(22-4)18-17(12)20-10-11-21(3)13(2)14(20)7-9-16(23-5)19(20)24-18/h6,8,13-14,16,19H,7,9-11H2,1-5H3/t13?,14?,16?,19-,20?/m0/s1. The summed E-state index contributed by atoms with van der Waals surface area (Å²) in [6.45, 7) is 5.70. The molecular formula is C20H29NO3. The van der Waals surface area contributed by atoms with Gasteiger partial charge in [-0.3, -0.25) is 0 Å². The summed E-state index contributed by atoms with van der Waals surface area (Å²) in [6, 6.07) is 4.78. The first-order valence-electron chi connectivity index (χ1n) is 9.12. The fourth-order valence-electron chi connectivity index (χ4n) is 5.69. The van der Waals surface area contributed by atoms with Crippen LogP contribution in [0.1, 0.15) is 37.3 Å². The highest BCUT2D eigenvalue weighted by atomic mass is 16.6. The SMILES string of the molecule is COc1ccc(C)c2c1O[C@H]1C(OC)CCC3C(C)N(C)CCC231. The third kappa shape index (κ3) is 1.93. The molecule has 1 aliphatic carbocycles. The third-order valence-electron chi connectivity index (χ3n) is 6.99. The third-order valence-corrected chi connectivity index (χ3v) is 6.99. The molecule has 132 valence electrons. The highest BCUT2D eigenvalue weighted by Crippen LogP contribution is 2.61. The largest absolute Gasteiger partial charge is 0.493 e. The minimum Gasteiger partial charge on any atom is -0.493 e. The van der Waals surface area contributed by atoms with Gasteiger partial charge in [0.25, 0.3) is 0 Å². The van der Waals surface area contributed by atoms with Gasteiger partial charge in [0, 0.05) is 24.1 Å². The minimum absolute atomic E-state index is 0.0544. The molecule has 0 amide bonds. The van der Waals surface area contributed by atoms with E-state index in [1.807, 2.05) is 13.2 Å². The maximum Gasteiger partial charge on any atom is 0.165 e. The van der Waals surface area contributed by atoms with Crippen LogP contribution < -0.4 is 9.47 Å². The number of hydrogen-bond donors (Lipinski definition) is 0. The van der Waals surface area contributed by atoms with Crippen LogP contribution in [0.4, 0.5) is 0 Å². The number of ether oxygens (including phenoxy) is 3. The zero-order valence-corrected chi connectivity index (χ0v) is 15.5. The van der Waals surface area contributed by atoms with E-state index in [1.165, 1.54) is 17.5 Å². The summed E-state index contributed by atoms with van der Waals surface area (Å²) >= 11 is 0. The Morgan fingerprint density at radius 3 is 2.75 bits per heavy atom. The van der Waals surface area contributed by atoms with E-state index in [4.69, 9.17) is 14.2 Å². The molecule has 4 heteroatoms. The minimum atomic E-state index is 0.0544. The summed E-state index contributed by atoms with van der Waals surface area (Å²) in [5.74, 6) is 2.42. The van der Waals surface area contributed by atoms with Crippen LogP contribution in [-0.2, 0) is 10.2 Å². The second-order valence-electron chi connectivity index (χ2n) is 7.80. The van der Waals surface area contributed by atoms with Gasteiger partial charge in [0.15, 0.2) is 11.5 Å². The Labute approximate surface area is 145 Å². The van der Waals surface area contributed by atoms with Gasteiger partial charge in [-0.05, 0) is 64.3 Å². The fourth-order valence-corrected chi connectivity index (χ4v) is 5.69. The van der Waals surface area contributed by atoms with Crippen LogP contribution in [0.2, 0.25) is 0 Å². The second-order valence-corrected chi connectivity index (χ2v) is 7.80. The van der Waals surface area contributed by atoms with Crippen molar-refractivity contribution in [1.29, 1.82) is 0 Å². The van der Waals surface area contributed by atoms with Gasteiger partial charge >= 0.3 is 0 Å². The van der Waals surface area contributed by atoms with E-state index in [0.717, 1.165) is 30.9 Å². The number of methoxy groups -OCH3 is 2. The zero-order valence-electron chi connectivity index (χ0n) is 15.5. The Hall–Kier alpha value is -1.26. The quantitative estimate of drug-likeness (QED) is 0.833. The molecule has 0 N–H and O–H groups in total. The predicted octanol–water partition coefficient (Wildman–Crippen LogP) is 3.15. The molecule has 2 fully saturated rings. The van der Waals surface area contributed by atoms with Crippen molar-refractivity contribution in [2.45, 2.75) is 56.8 Å². The molecule has 2 aliphatic heterocycles. The number of hydrogen-bond acceptors (Lipinski definition) is 4. The van der Waals surface area contributed by atoms with Gasteiger partial charge in [-0.15, -0.1) is 0 Å². The number of piperidine rings is 1. The molecule has 4 rings (SSSR count). The molecule has 1 aromatic rings. The molecule has 4 unspecified atom stereocenters. The summed E-state index contributed by atoms with van der Waals surface area (Å²) in [5, 5.41) is 0. The number of likely N-dealkylation sites (tertiary alicyclic amines) is 1. The lowest BCUT2D eigenvalue weighted by Crippen LogP contribution is -2.63. The van der Waals surface area contributed by atoms with Gasteiger partial charge < -0.3 is 19.1 Å². The Bertz CT molecular complexity index is 646. The second kappa shape index (κ2) is 5.63. The van der Waals surface area contributed by atoms with Crippen molar-refractivity contribution in [3.63, 3.8) is 0 Å². The summed E-state index contributed by atoms with van der Waals surface area (Å²) in [6.07, 6.45) is 3.65. The van der Waals surface area contributed by atoms with E-state index < -0.39 is 0 Å². The number of aryl methyl sites for hydroxylation is 1. The molecule has 1 aromatic carbocycles. The zero-order chi connectivity index (χ0) is 17.1. The Morgan fingerprint density at radius 2 is 2.04 bits per heavy atom. The molecule has 5 atom stereocenters. The summed E-state index contributed by atoms with van der Waals surface area (Å²) in [7, 11) is 5.81. The van der Waals surface area contributed by atoms with E-state index in [1.54, 1.807) is 7.11 Å². The van der Waals surface area contributed by atoms with Crippen molar-refractivity contribution >= 4 is 0 Å². The summed E-state index contributed by atoms with van der Waals surface area (Å²) in [5.41, 5.74) is 2.77. The highest BCUT2D eigenvalue weighted by Gasteiger charge is 2.62. The molecule has 1 spiro atoms. The lowest BCUT2D eigenvalue weighted by molar-refractivity contribution is -0.105. The molecular weight excluding hydrogens is 302 g/mol. The number of benzene rings is 1. The van der Waals surface area contributed by atoms with Gasteiger partial charge in [-0.25, -0.2) is 0 Å². The van der Waals surface area contributed by atoms with Crippen LogP contribution in [0.25, 0.3) is 0 Å². The molecule has 0 radical (unpaired) electrons. The van der Waals surface area contributed by atoms with Gasteiger partial charge in [0.2, 0.25) is 0 Å². The molecule has 0 bridgehead atoms. The molecule has 0 aromatic heterocycles. The van der Waals surface area contributed by atoms with Gasteiger partial charge in [-0.1, -0.05) is 6.07 Å². The maximum absolute atomic E-state index is 6.59. The number of fused-ring (bicyclic) bond motifs is 1. The Balaban J connectivity index is 1.93. The van der Waals surface area contributed by atoms with Crippen LogP contribution in [0.3, 0.4) is 0 Å². The monoisotopic (exact) mass is 331 g/mol. The molecule has 1 saturated carbocycles. The molecule has 3 aliphatic rings. The molecule has 1 saturated heterocycles. The Kier molecular flexibility index (Phi) is 3.81. The average molecular weight is 331 g/mol. The van der Waals surface area contributed by atoms with E-state index in [2.05, 4.69) is 31.9 Å². The van der Waals surface area contributed by atoms with Gasteiger partial charge in [0.1, 0.15) is 6.10 Å². The van der Waals surface area contributed by atoms with Crippen molar-refractivity contribution in [3.05, 3.63) is 23.3 Å². The van der Waals surface area contributed by atoms with Crippen LogP contribution in [0.15, 0.2) is 12.1 Å².